The van der Waals surface area contributed by atoms with Crippen LogP contribution in [-0.4, -0.2) is 20.6 Å². The number of carbonyl (C=O) groups is 1. The fourth-order valence-electron chi connectivity index (χ4n) is 2.22. The Morgan fingerprint density at radius 1 is 1.29 bits per heavy atom. The molecule has 0 spiro atoms. The lowest BCUT2D eigenvalue weighted by Crippen LogP contribution is -2.16. The lowest BCUT2D eigenvalue weighted by atomic mass is 10.2. The number of carboxylic acid groups (broad SMARTS) is 1. The van der Waals surface area contributed by atoms with Gasteiger partial charge >= 0.3 is 11.7 Å². The van der Waals surface area contributed by atoms with Crippen molar-refractivity contribution < 1.29 is 9.90 Å². The van der Waals surface area contributed by atoms with Gasteiger partial charge in [0.05, 0.1) is 22.3 Å². The summed E-state index contributed by atoms with van der Waals surface area (Å²) in [5, 5.41) is 9.88. The maximum atomic E-state index is 12.2. The van der Waals surface area contributed by atoms with E-state index in [4.69, 9.17) is 11.6 Å². The molecule has 0 amide bonds. The molecule has 1 heterocycles. The normalized spacial score (nSPS) is 11.0. The van der Waals surface area contributed by atoms with Crippen LogP contribution in [0.15, 0.2) is 41.2 Å². The molecule has 5 nitrogen and oxygen atoms in total. The molecule has 3 aromatic rings. The van der Waals surface area contributed by atoms with Gasteiger partial charge in [-0.05, 0) is 52.9 Å². The molecule has 1 aromatic heterocycles. The Kier molecular flexibility index (Phi) is 3.50. The van der Waals surface area contributed by atoms with E-state index in [2.05, 4.69) is 27.6 Å². The number of aromatic carboxylic acids is 1. The molecule has 3 rings (SSSR count). The molecule has 0 saturated carbocycles. The number of hydrogen-bond acceptors (Lipinski definition) is 2. The number of nitrogens with one attached hydrogen (secondary N) is 1. The molecule has 0 aliphatic rings. The highest BCUT2D eigenvalue weighted by Crippen LogP contribution is 2.25. The van der Waals surface area contributed by atoms with Crippen molar-refractivity contribution in [2.24, 2.45) is 0 Å². The Balaban J connectivity index is 2.45. The summed E-state index contributed by atoms with van der Waals surface area (Å²) in [4.78, 5) is 26.3. The minimum Gasteiger partial charge on any atom is -0.478 e. The number of aromatic nitrogens is 2. The van der Waals surface area contributed by atoms with Crippen molar-refractivity contribution >= 4 is 51.2 Å². The summed E-state index contributed by atoms with van der Waals surface area (Å²) < 4.78 is 2.11. The summed E-state index contributed by atoms with van der Waals surface area (Å²) >= 11 is 7.98. The van der Waals surface area contributed by atoms with E-state index in [1.165, 1.54) is 10.6 Å². The van der Waals surface area contributed by atoms with Gasteiger partial charge in [-0.1, -0.05) is 17.7 Å². The number of para-hydroxylation sites is 1. The summed E-state index contributed by atoms with van der Waals surface area (Å²) in [7, 11) is 0. The second kappa shape index (κ2) is 5.19. The molecule has 0 atom stereocenters. The van der Waals surface area contributed by atoms with Crippen molar-refractivity contribution in [2.45, 2.75) is 0 Å². The Hall–Kier alpha value is -1.80. The van der Waals surface area contributed by atoms with Gasteiger partial charge in [-0.25, -0.2) is 9.59 Å². The van der Waals surface area contributed by atoms with Crippen LogP contribution in [0.25, 0.3) is 16.7 Å². The van der Waals surface area contributed by atoms with Crippen LogP contribution in [-0.2, 0) is 0 Å². The van der Waals surface area contributed by atoms with Crippen LogP contribution in [0.1, 0.15) is 10.4 Å². The first-order valence-electron chi connectivity index (χ1n) is 5.91. The average Bonchev–Trinajstić information content (AvgIpc) is 2.74. The first-order chi connectivity index (χ1) is 9.99. The summed E-state index contributed by atoms with van der Waals surface area (Å²) in [6, 6.07) is 9.80. The van der Waals surface area contributed by atoms with Gasteiger partial charge in [0, 0.05) is 8.59 Å². The highest BCUT2D eigenvalue weighted by molar-refractivity contribution is 14.1. The first-order valence-corrected chi connectivity index (χ1v) is 7.37. The molecule has 2 aromatic carbocycles. The smallest absolute Gasteiger partial charge is 0.337 e. The first kappa shape index (κ1) is 14.2. The number of carboxylic acids is 1. The van der Waals surface area contributed by atoms with Gasteiger partial charge in [0.2, 0.25) is 0 Å². The minimum absolute atomic E-state index is 0.0663. The molecule has 7 heteroatoms. The van der Waals surface area contributed by atoms with Crippen LogP contribution in [0.2, 0.25) is 5.02 Å². The number of hydrogen-bond donors (Lipinski definition) is 2. The Morgan fingerprint density at radius 3 is 2.71 bits per heavy atom. The summed E-state index contributed by atoms with van der Waals surface area (Å²) in [5.74, 6) is -1.09. The predicted molar refractivity (Wildman–Crippen MR) is 88.6 cm³/mol. The third kappa shape index (κ3) is 2.34. The lowest BCUT2D eigenvalue weighted by Gasteiger charge is -2.08. The number of benzene rings is 2. The largest absolute Gasteiger partial charge is 0.478 e. The third-order valence-electron chi connectivity index (χ3n) is 3.09. The number of halogens is 2. The number of fused-ring (bicyclic) bond motifs is 1. The van der Waals surface area contributed by atoms with Crippen LogP contribution in [0, 0.1) is 3.57 Å². The zero-order chi connectivity index (χ0) is 15.1. The van der Waals surface area contributed by atoms with E-state index in [-0.39, 0.29) is 11.3 Å². The highest BCUT2D eigenvalue weighted by Gasteiger charge is 2.17. The molecule has 0 saturated heterocycles. The molecule has 0 unspecified atom stereocenters. The standard InChI is InChI=1S/C14H8ClIN2O3/c15-7-4-5-11(9(16)6-7)18-12-8(13(19)20)2-1-3-10(12)17-14(18)21/h1-6H,(H,17,21)(H,19,20). The van der Waals surface area contributed by atoms with Crippen LogP contribution >= 0.6 is 34.2 Å². The molecule has 0 aliphatic heterocycles. The summed E-state index contributed by atoms with van der Waals surface area (Å²) in [6.45, 7) is 0. The van der Waals surface area contributed by atoms with Gasteiger partial charge in [0.25, 0.3) is 0 Å². The fourth-order valence-corrected chi connectivity index (χ4v) is 3.34. The molecule has 2 N–H and O–H groups in total. The van der Waals surface area contributed by atoms with Crippen LogP contribution in [0.4, 0.5) is 0 Å². The number of aromatic amines is 1. The van der Waals surface area contributed by atoms with Crippen molar-refractivity contribution in [1.29, 1.82) is 0 Å². The van der Waals surface area contributed by atoms with E-state index in [9.17, 15) is 14.7 Å². The number of imidazole rings is 1. The van der Waals surface area contributed by atoms with Gasteiger partial charge in [-0.2, -0.15) is 0 Å². The van der Waals surface area contributed by atoms with E-state index >= 15 is 0 Å². The Morgan fingerprint density at radius 2 is 2.05 bits per heavy atom. The lowest BCUT2D eigenvalue weighted by molar-refractivity contribution is 0.0698. The van der Waals surface area contributed by atoms with E-state index in [0.717, 1.165) is 3.57 Å². The van der Waals surface area contributed by atoms with Gasteiger partial charge < -0.3 is 10.1 Å². The summed E-state index contributed by atoms with van der Waals surface area (Å²) in [6.07, 6.45) is 0. The van der Waals surface area contributed by atoms with Crippen molar-refractivity contribution in [1.82, 2.24) is 9.55 Å². The van der Waals surface area contributed by atoms with Gasteiger partial charge in [0.1, 0.15) is 0 Å². The third-order valence-corrected chi connectivity index (χ3v) is 4.18. The predicted octanol–water partition coefficient (Wildman–Crippen LogP) is 3.28. The molecule has 0 radical (unpaired) electrons. The van der Waals surface area contributed by atoms with Gasteiger partial charge in [0.15, 0.2) is 0 Å². The highest BCUT2D eigenvalue weighted by atomic mass is 127. The quantitative estimate of drug-likeness (QED) is 0.632. The minimum atomic E-state index is -1.09. The molecule has 0 aliphatic carbocycles. The van der Waals surface area contributed by atoms with Crippen molar-refractivity contribution in [3.8, 4) is 5.69 Å². The van der Waals surface area contributed by atoms with Crippen LogP contribution in [0.3, 0.4) is 0 Å². The van der Waals surface area contributed by atoms with Crippen LogP contribution < -0.4 is 5.69 Å². The van der Waals surface area contributed by atoms with E-state index < -0.39 is 5.97 Å². The van der Waals surface area contributed by atoms with Crippen molar-refractivity contribution in [3.63, 3.8) is 0 Å². The fraction of sp³-hybridized carbons (Fsp3) is 0. The van der Waals surface area contributed by atoms with E-state index in [1.807, 2.05) is 0 Å². The maximum absolute atomic E-state index is 12.2. The molecular weight excluding hydrogens is 407 g/mol. The van der Waals surface area contributed by atoms with Crippen molar-refractivity contribution in [3.05, 3.63) is 61.0 Å². The average molecular weight is 415 g/mol. The number of H-pyrrole nitrogens is 1. The van der Waals surface area contributed by atoms with Crippen LogP contribution in [0.5, 0.6) is 0 Å². The van der Waals surface area contributed by atoms with Gasteiger partial charge in [-0.15, -0.1) is 0 Å². The van der Waals surface area contributed by atoms with E-state index in [0.29, 0.717) is 21.7 Å². The number of rotatable bonds is 2. The maximum Gasteiger partial charge on any atom is 0.337 e. The molecular formula is C14H8ClIN2O3. The van der Waals surface area contributed by atoms with Crippen molar-refractivity contribution in [2.75, 3.05) is 0 Å². The molecule has 106 valence electrons. The zero-order valence-electron chi connectivity index (χ0n) is 10.4. The Bertz CT molecular complexity index is 930. The topological polar surface area (TPSA) is 75.1 Å². The Labute approximate surface area is 137 Å². The second-order valence-electron chi connectivity index (χ2n) is 4.37. The monoisotopic (exact) mass is 414 g/mol. The number of nitrogens with zero attached hydrogens (tertiary/aromatic N) is 1. The summed E-state index contributed by atoms with van der Waals surface area (Å²) in [5.41, 5.74) is 1.08. The molecule has 21 heavy (non-hydrogen) atoms. The molecule has 0 fully saturated rings. The molecule has 0 bridgehead atoms. The SMILES string of the molecule is O=C(O)c1cccc2[nH]c(=O)n(-c3ccc(Cl)cc3I)c12. The van der Waals surface area contributed by atoms with E-state index in [1.54, 1.807) is 30.3 Å². The second-order valence-corrected chi connectivity index (χ2v) is 5.97. The van der Waals surface area contributed by atoms with Gasteiger partial charge in [-0.3, -0.25) is 4.57 Å². The zero-order valence-corrected chi connectivity index (χ0v) is 13.3.